The third-order valence-corrected chi connectivity index (χ3v) is 5.22. The van der Waals surface area contributed by atoms with Crippen LogP contribution in [0.4, 0.5) is 4.39 Å². The molecule has 0 saturated heterocycles. The number of H-pyrrole nitrogens is 1. The van der Waals surface area contributed by atoms with Crippen LogP contribution in [-0.4, -0.2) is 36.0 Å². The minimum absolute atomic E-state index is 0.0622. The summed E-state index contributed by atoms with van der Waals surface area (Å²) < 4.78 is 19.4. The van der Waals surface area contributed by atoms with E-state index in [0.717, 1.165) is 27.8 Å². The Hall–Kier alpha value is -2.79. The molecule has 27 heavy (non-hydrogen) atoms. The van der Waals surface area contributed by atoms with Crippen molar-refractivity contribution in [2.75, 3.05) is 20.2 Å². The van der Waals surface area contributed by atoms with Crippen LogP contribution < -0.4 is 4.74 Å². The molecule has 0 bridgehead atoms. The number of aromatic amines is 1. The summed E-state index contributed by atoms with van der Waals surface area (Å²) in [5.41, 5.74) is 3.22. The summed E-state index contributed by atoms with van der Waals surface area (Å²) in [5.74, 6) is -0.175. The SMILES string of the molecule is COc1ccc2[nH]cc(C3=CCN(C(=O)c4c(F)cccc4Cl)CC3)c2c1. The van der Waals surface area contributed by atoms with Crippen LogP contribution in [0.1, 0.15) is 22.3 Å². The van der Waals surface area contributed by atoms with Gasteiger partial charge in [-0.1, -0.05) is 23.7 Å². The van der Waals surface area contributed by atoms with E-state index < -0.39 is 5.82 Å². The van der Waals surface area contributed by atoms with E-state index in [9.17, 15) is 9.18 Å². The molecule has 1 aliphatic heterocycles. The summed E-state index contributed by atoms with van der Waals surface area (Å²) in [7, 11) is 1.64. The zero-order valence-corrected chi connectivity index (χ0v) is 15.5. The van der Waals surface area contributed by atoms with Crippen molar-refractivity contribution in [1.82, 2.24) is 9.88 Å². The van der Waals surface area contributed by atoms with Crippen LogP contribution in [0.3, 0.4) is 0 Å². The number of methoxy groups -OCH3 is 1. The van der Waals surface area contributed by atoms with E-state index in [4.69, 9.17) is 16.3 Å². The summed E-state index contributed by atoms with van der Waals surface area (Å²) in [6.45, 7) is 0.918. The monoisotopic (exact) mass is 384 g/mol. The number of fused-ring (bicyclic) bond motifs is 1. The number of carbonyl (C=O) groups is 1. The largest absolute Gasteiger partial charge is 0.497 e. The fourth-order valence-electron chi connectivity index (χ4n) is 3.45. The lowest BCUT2D eigenvalue weighted by molar-refractivity contribution is 0.0768. The molecule has 1 N–H and O–H groups in total. The quantitative estimate of drug-likeness (QED) is 0.698. The van der Waals surface area contributed by atoms with Gasteiger partial charge in [0, 0.05) is 35.8 Å². The first-order valence-electron chi connectivity index (χ1n) is 8.66. The summed E-state index contributed by atoms with van der Waals surface area (Å²) in [5, 5.41) is 1.22. The second-order valence-corrected chi connectivity index (χ2v) is 6.85. The number of carbonyl (C=O) groups excluding carboxylic acids is 1. The van der Waals surface area contributed by atoms with Crippen molar-refractivity contribution < 1.29 is 13.9 Å². The summed E-state index contributed by atoms with van der Waals surface area (Å²) in [4.78, 5) is 17.6. The number of rotatable bonds is 3. The van der Waals surface area contributed by atoms with E-state index in [-0.39, 0.29) is 16.5 Å². The summed E-state index contributed by atoms with van der Waals surface area (Å²) in [6.07, 6.45) is 4.67. The van der Waals surface area contributed by atoms with Crippen LogP contribution in [0.15, 0.2) is 48.7 Å². The highest BCUT2D eigenvalue weighted by Gasteiger charge is 2.24. The van der Waals surface area contributed by atoms with Crippen LogP contribution in [-0.2, 0) is 0 Å². The molecule has 3 aromatic rings. The van der Waals surface area contributed by atoms with Crippen molar-refractivity contribution in [3.05, 3.63) is 70.6 Å². The van der Waals surface area contributed by atoms with Gasteiger partial charge in [0.25, 0.3) is 5.91 Å². The first-order valence-corrected chi connectivity index (χ1v) is 9.04. The van der Waals surface area contributed by atoms with Gasteiger partial charge in [0.1, 0.15) is 11.6 Å². The fraction of sp³-hybridized carbons (Fsp3) is 0.190. The topological polar surface area (TPSA) is 45.3 Å². The van der Waals surface area contributed by atoms with E-state index in [0.29, 0.717) is 19.5 Å². The lowest BCUT2D eigenvalue weighted by atomic mass is 9.98. The van der Waals surface area contributed by atoms with Gasteiger partial charge in [-0.2, -0.15) is 0 Å². The maximum atomic E-state index is 14.0. The highest BCUT2D eigenvalue weighted by atomic mass is 35.5. The number of hydrogen-bond acceptors (Lipinski definition) is 2. The predicted molar refractivity (Wildman–Crippen MR) is 105 cm³/mol. The first-order chi connectivity index (χ1) is 13.1. The molecule has 1 aromatic heterocycles. The van der Waals surface area contributed by atoms with Gasteiger partial charge in [-0.3, -0.25) is 4.79 Å². The Morgan fingerprint density at radius 2 is 2.15 bits per heavy atom. The van der Waals surface area contributed by atoms with E-state index >= 15 is 0 Å². The first kappa shape index (κ1) is 17.6. The Labute approximate surface area is 161 Å². The Balaban J connectivity index is 1.60. The maximum Gasteiger partial charge on any atom is 0.258 e. The molecule has 2 aromatic carbocycles. The number of ether oxygens (including phenoxy) is 1. The zero-order chi connectivity index (χ0) is 19.0. The van der Waals surface area contributed by atoms with Gasteiger partial charge < -0.3 is 14.6 Å². The van der Waals surface area contributed by atoms with Crippen LogP contribution in [0.5, 0.6) is 5.75 Å². The summed E-state index contributed by atoms with van der Waals surface area (Å²) in [6, 6.07) is 10.2. The molecule has 2 heterocycles. The smallest absolute Gasteiger partial charge is 0.258 e. The molecule has 0 aliphatic carbocycles. The Morgan fingerprint density at radius 1 is 1.30 bits per heavy atom. The predicted octanol–water partition coefficient (Wildman–Crippen LogP) is 4.90. The molecule has 0 radical (unpaired) electrons. The van der Waals surface area contributed by atoms with Crippen molar-refractivity contribution >= 4 is 34.0 Å². The Morgan fingerprint density at radius 3 is 2.85 bits per heavy atom. The number of halogens is 2. The number of benzene rings is 2. The summed E-state index contributed by atoms with van der Waals surface area (Å²) >= 11 is 6.03. The molecule has 0 fully saturated rings. The fourth-order valence-corrected chi connectivity index (χ4v) is 3.69. The maximum absolute atomic E-state index is 14.0. The van der Waals surface area contributed by atoms with Gasteiger partial charge in [0.2, 0.25) is 0 Å². The molecule has 0 atom stereocenters. The van der Waals surface area contributed by atoms with Crippen molar-refractivity contribution in [2.45, 2.75) is 6.42 Å². The van der Waals surface area contributed by atoms with E-state index in [1.807, 2.05) is 30.5 Å². The highest BCUT2D eigenvalue weighted by molar-refractivity contribution is 6.33. The molecule has 138 valence electrons. The van der Waals surface area contributed by atoms with Gasteiger partial charge in [0.05, 0.1) is 17.7 Å². The van der Waals surface area contributed by atoms with Gasteiger partial charge in [-0.25, -0.2) is 4.39 Å². The van der Waals surface area contributed by atoms with Crippen molar-refractivity contribution in [3.8, 4) is 5.75 Å². The van der Waals surface area contributed by atoms with Crippen LogP contribution in [0.25, 0.3) is 16.5 Å². The Kier molecular flexibility index (Phi) is 4.62. The molecule has 0 saturated carbocycles. The minimum Gasteiger partial charge on any atom is -0.497 e. The second-order valence-electron chi connectivity index (χ2n) is 6.44. The average Bonchev–Trinajstić information content (AvgIpc) is 3.11. The van der Waals surface area contributed by atoms with Crippen molar-refractivity contribution in [2.24, 2.45) is 0 Å². The lowest BCUT2D eigenvalue weighted by Crippen LogP contribution is -2.35. The molecule has 4 nitrogen and oxygen atoms in total. The third-order valence-electron chi connectivity index (χ3n) is 4.91. The molecule has 0 spiro atoms. The molecule has 0 unspecified atom stereocenters. The van der Waals surface area contributed by atoms with Gasteiger partial charge in [-0.05, 0) is 42.3 Å². The second kappa shape index (κ2) is 7.08. The third kappa shape index (κ3) is 3.19. The molecule has 1 amide bonds. The number of nitrogens with one attached hydrogen (secondary N) is 1. The zero-order valence-electron chi connectivity index (χ0n) is 14.8. The average molecular weight is 385 g/mol. The Bertz CT molecular complexity index is 1040. The van der Waals surface area contributed by atoms with Crippen molar-refractivity contribution in [3.63, 3.8) is 0 Å². The normalized spacial score (nSPS) is 14.3. The molecule has 1 aliphatic rings. The number of hydrogen-bond donors (Lipinski definition) is 1. The van der Waals surface area contributed by atoms with Gasteiger partial charge in [-0.15, -0.1) is 0 Å². The lowest BCUT2D eigenvalue weighted by Gasteiger charge is -2.27. The standard InChI is InChI=1S/C21H18ClFN2O2/c1-27-14-5-6-19-15(11-14)16(12-24-19)13-7-9-25(10-8-13)21(26)20-17(22)3-2-4-18(20)23/h2-7,11-12,24H,8-10H2,1H3. The van der Waals surface area contributed by atoms with E-state index in [2.05, 4.69) is 4.98 Å². The molecule has 4 rings (SSSR count). The van der Waals surface area contributed by atoms with Gasteiger partial charge >= 0.3 is 0 Å². The van der Waals surface area contributed by atoms with Crippen LogP contribution >= 0.6 is 11.6 Å². The van der Waals surface area contributed by atoms with Crippen LogP contribution in [0.2, 0.25) is 5.02 Å². The van der Waals surface area contributed by atoms with E-state index in [1.165, 1.54) is 18.2 Å². The van der Waals surface area contributed by atoms with E-state index in [1.54, 1.807) is 12.0 Å². The number of aromatic nitrogens is 1. The molecule has 6 heteroatoms. The number of amides is 1. The van der Waals surface area contributed by atoms with Crippen molar-refractivity contribution in [1.29, 1.82) is 0 Å². The molecular formula is C21H18ClFN2O2. The molecular weight excluding hydrogens is 367 g/mol. The van der Waals surface area contributed by atoms with Gasteiger partial charge in [0.15, 0.2) is 0 Å². The van der Waals surface area contributed by atoms with Crippen LogP contribution in [0, 0.1) is 5.82 Å². The number of nitrogens with zero attached hydrogens (tertiary/aromatic N) is 1. The minimum atomic E-state index is -0.592. The highest BCUT2D eigenvalue weighted by Crippen LogP contribution is 2.32.